The molecule has 0 spiro atoms. The van der Waals surface area contributed by atoms with Gasteiger partial charge in [0.1, 0.15) is 23.6 Å². The zero-order valence-electron chi connectivity index (χ0n) is 16.8. The lowest BCUT2D eigenvalue weighted by Crippen LogP contribution is -2.51. The summed E-state index contributed by atoms with van der Waals surface area (Å²) in [4.78, 5) is 26.7. The molecule has 9 heteroatoms. The third-order valence-corrected chi connectivity index (χ3v) is 5.65. The van der Waals surface area contributed by atoms with E-state index in [0.29, 0.717) is 36.7 Å². The molecule has 2 aliphatic rings. The molecule has 2 aromatic heterocycles. The summed E-state index contributed by atoms with van der Waals surface area (Å²) in [6.07, 6.45) is 4.60. The Morgan fingerprint density at radius 3 is 3.03 bits per heavy atom. The Morgan fingerprint density at radius 1 is 1.35 bits per heavy atom. The number of ether oxygens (including phenoxy) is 1. The van der Waals surface area contributed by atoms with E-state index in [9.17, 15) is 10.1 Å². The summed E-state index contributed by atoms with van der Waals surface area (Å²) in [6.45, 7) is 1.29. The van der Waals surface area contributed by atoms with Gasteiger partial charge < -0.3 is 19.9 Å². The Hall–Kier alpha value is -3.77. The average Bonchev–Trinajstić information content (AvgIpc) is 3.58. The van der Waals surface area contributed by atoms with E-state index >= 15 is 0 Å². The van der Waals surface area contributed by atoms with E-state index in [2.05, 4.69) is 26.3 Å². The number of hydrogen-bond acceptors (Lipinski definition) is 7. The van der Waals surface area contributed by atoms with Crippen LogP contribution in [0.1, 0.15) is 18.4 Å². The van der Waals surface area contributed by atoms with Crippen LogP contribution in [0.15, 0.2) is 36.8 Å². The smallest absolute Gasteiger partial charge is 0.256 e. The molecular formula is C22H21N7O2. The van der Waals surface area contributed by atoms with Crippen LogP contribution in [-0.2, 0) is 9.53 Å². The second-order valence-corrected chi connectivity index (χ2v) is 7.80. The van der Waals surface area contributed by atoms with Gasteiger partial charge in [0.15, 0.2) is 6.10 Å². The van der Waals surface area contributed by atoms with E-state index < -0.39 is 6.10 Å². The summed E-state index contributed by atoms with van der Waals surface area (Å²) in [7, 11) is 0. The van der Waals surface area contributed by atoms with Crippen LogP contribution in [0.2, 0.25) is 0 Å². The molecule has 1 amide bonds. The standard InChI is InChI=1S/C22H21N7O2/c23-9-13-2-1-3-15(8-13)16-10-25-20-18(16)21(27-12-26-20)29-6-7-31-17(11-29)22(30)28-19(24)14-4-5-14/h1-3,8,10,12,14,17H,4-7,11H2,(H2,24,28,30)(H,25,26,27). The number of H-pyrrole nitrogens is 1. The Kier molecular flexibility index (Phi) is 4.84. The number of fused-ring (bicyclic) bond motifs is 1. The third-order valence-electron chi connectivity index (χ3n) is 5.65. The van der Waals surface area contributed by atoms with Crippen molar-refractivity contribution < 1.29 is 9.53 Å². The van der Waals surface area contributed by atoms with E-state index in [1.807, 2.05) is 29.3 Å². The molecule has 1 aliphatic carbocycles. The number of hydrogen-bond donors (Lipinski definition) is 3. The second-order valence-electron chi connectivity index (χ2n) is 7.80. The van der Waals surface area contributed by atoms with Crippen LogP contribution in [0.5, 0.6) is 0 Å². The quantitative estimate of drug-likeness (QED) is 0.442. The molecule has 1 unspecified atom stereocenters. The van der Waals surface area contributed by atoms with E-state index in [-0.39, 0.29) is 17.7 Å². The Balaban J connectivity index is 1.45. The van der Waals surface area contributed by atoms with Crippen molar-refractivity contribution in [3.63, 3.8) is 0 Å². The first-order chi connectivity index (χ1) is 15.1. The molecule has 9 nitrogen and oxygen atoms in total. The van der Waals surface area contributed by atoms with Crippen LogP contribution in [0.25, 0.3) is 22.2 Å². The number of nitriles is 1. The number of amidine groups is 1. The zero-order valence-corrected chi connectivity index (χ0v) is 16.8. The van der Waals surface area contributed by atoms with Gasteiger partial charge >= 0.3 is 0 Å². The van der Waals surface area contributed by atoms with Crippen molar-refractivity contribution in [1.82, 2.24) is 20.3 Å². The molecular weight excluding hydrogens is 394 g/mol. The Morgan fingerprint density at radius 2 is 2.23 bits per heavy atom. The monoisotopic (exact) mass is 415 g/mol. The number of carbonyl (C=O) groups is 1. The molecule has 3 aromatic rings. The number of nitrogens with one attached hydrogen (secondary N) is 3. The van der Waals surface area contributed by atoms with Crippen LogP contribution in [-0.4, -0.2) is 52.5 Å². The maximum atomic E-state index is 12.6. The number of aromatic amines is 1. The zero-order chi connectivity index (χ0) is 21.4. The van der Waals surface area contributed by atoms with Gasteiger partial charge in [-0.3, -0.25) is 10.2 Å². The highest BCUT2D eigenvalue weighted by atomic mass is 16.5. The normalized spacial score (nSPS) is 18.5. The van der Waals surface area contributed by atoms with Gasteiger partial charge in [-0.25, -0.2) is 9.97 Å². The number of anilines is 1. The lowest BCUT2D eigenvalue weighted by Gasteiger charge is -2.33. The topological polar surface area (TPSA) is 131 Å². The van der Waals surface area contributed by atoms with Gasteiger partial charge in [-0.2, -0.15) is 5.26 Å². The minimum atomic E-state index is -0.679. The first-order valence-electron chi connectivity index (χ1n) is 10.2. The van der Waals surface area contributed by atoms with Crippen molar-refractivity contribution in [1.29, 1.82) is 10.7 Å². The minimum Gasteiger partial charge on any atom is -0.365 e. The highest BCUT2D eigenvalue weighted by Gasteiger charge is 2.33. The van der Waals surface area contributed by atoms with E-state index in [1.54, 1.807) is 6.07 Å². The number of morpholine rings is 1. The van der Waals surface area contributed by atoms with Crippen LogP contribution >= 0.6 is 0 Å². The number of nitrogens with zero attached hydrogens (tertiary/aromatic N) is 4. The lowest BCUT2D eigenvalue weighted by atomic mass is 10.0. The number of amides is 1. The Bertz CT molecular complexity index is 1210. The second kappa shape index (κ2) is 7.81. The largest absolute Gasteiger partial charge is 0.365 e. The average molecular weight is 415 g/mol. The van der Waals surface area contributed by atoms with Crippen LogP contribution in [0.3, 0.4) is 0 Å². The molecule has 2 fully saturated rings. The molecule has 5 rings (SSSR count). The van der Waals surface area contributed by atoms with Gasteiger partial charge in [0.2, 0.25) is 0 Å². The number of aromatic nitrogens is 3. The van der Waals surface area contributed by atoms with Gasteiger partial charge in [0, 0.05) is 24.2 Å². The van der Waals surface area contributed by atoms with Crippen molar-refractivity contribution in [2.24, 2.45) is 5.92 Å². The molecule has 1 aliphatic heterocycles. The maximum absolute atomic E-state index is 12.6. The molecule has 0 radical (unpaired) electrons. The summed E-state index contributed by atoms with van der Waals surface area (Å²) in [6, 6.07) is 9.56. The fourth-order valence-electron chi connectivity index (χ4n) is 3.86. The van der Waals surface area contributed by atoms with Crippen LogP contribution in [0.4, 0.5) is 5.82 Å². The molecule has 156 valence electrons. The molecule has 31 heavy (non-hydrogen) atoms. The van der Waals surface area contributed by atoms with Crippen molar-refractivity contribution in [3.8, 4) is 17.2 Å². The third kappa shape index (κ3) is 3.73. The molecule has 3 N–H and O–H groups in total. The van der Waals surface area contributed by atoms with Crippen molar-refractivity contribution in [3.05, 3.63) is 42.4 Å². The number of benzene rings is 1. The summed E-state index contributed by atoms with van der Waals surface area (Å²) in [5.74, 6) is 0.877. The van der Waals surface area contributed by atoms with Gasteiger partial charge in [-0.05, 0) is 30.5 Å². The first kappa shape index (κ1) is 19.2. The first-order valence-corrected chi connectivity index (χ1v) is 10.2. The number of rotatable bonds is 4. The van der Waals surface area contributed by atoms with E-state index in [0.717, 1.165) is 29.4 Å². The molecule has 0 bridgehead atoms. The van der Waals surface area contributed by atoms with E-state index in [4.69, 9.17) is 10.1 Å². The molecule has 1 saturated carbocycles. The van der Waals surface area contributed by atoms with Crippen LogP contribution < -0.4 is 10.2 Å². The SMILES string of the molecule is N#Cc1cccc(-c2c[nH]c3ncnc(N4CCOC(C(=O)NC(=N)C5CC5)C4)c23)c1. The molecule has 3 heterocycles. The molecule has 1 atom stereocenters. The van der Waals surface area contributed by atoms with Gasteiger partial charge in [0.05, 0.1) is 30.2 Å². The molecule has 1 aromatic carbocycles. The van der Waals surface area contributed by atoms with Crippen molar-refractivity contribution in [2.75, 3.05) is 24.6 Å². The van der Waals surface area contributed by atoms with Gasteiger partial charge in [0.25, 0.3) is 5.91 Å². The predicted molar refractivity (Wildman–Crippen MR) is 115 cm³/mol. The maximum Gasteiger partial charge on any atom is 0.256 e. The van der Waals surface area contributed by atoms with Crippen molar-refractivity contribution in [2.45, 2.75) is 18.9 Å². The lowest BCUT2D eigenvalue weighted by molar-refractivity contribution is -0.131. The summed E-state index contributed by atoms with van der Waals surface area (Å²) >= 11 is 0. The number of carbonyl (C=O) groups excluding carboxylic acids is 1. The van der Waals surface area contributed by atoms with Gasteiger partial charge in [-0.1, -0.05) is 12.1 Å². The molecule has 1 saturated heterocycles. The van der Waals surface area contributed by atoms with E-state index in [1.165, 1.54) is 6.33 Å². The fraction of sp³-hybridized carbons (Fsp3) is 0.318. The van der Waals surface area contributed by atoms with Crippen LogP contribution in [0, 0.1) is 22.7 Å². The minimum absolute atomic E-state index is 0.178. The fourth-order valence-corrected chi connectivity index (χ4v) is 3.86. The highest BCUT2D eigenvalue weighted by Crippen LogP contribution is 2.34. The summed E-state index contributed by atoms with van der Waals surface area (Å²) in [5.41, 5.74) is 3.05. The Labute approximate surface area is 178 Å². The van der Waals surface area contributed by atoms with Gasteiger partial charge in [-0.15, -0.1) is 0 Å². The summed E-state index contributed by atoms with van der Waals surface area (Å²) in [5, 5.41) is 20.7. The van der Waals surface area contributed by atoms with Crippen molar-refractivity contribution >= 4 is 28.6 Å². The highest BCUT2D eigenvalue weighted by molar-refractivity contribution is 6.02. The summed E-state index contributed by atoms with van der Waals surface area (Å²) < 4.78 is 5.69. The predicted octanol–water partition coefficient (Wildman–Crippen LogP) is 2.21.